The van der Waals surface area contributed by atoms with Gasteiger partial charge in [-0.15, -0.1) is 0 Å². The van der Waals surface area contributed by atoms with Gasteiger partial charge in [-0.2, -0.15) is 0 Å². The highest BCUT2D eigenvalue weighted by atomic mass is 79.9. The summed E-state index contributed by atoms with van der Waals surface area (Å²) in [5, 5.41) is 0.821. The lowest BCUT2D eigenvalue weighted by Crippen LogP contribution is -2.21. The van der Waals surface area contributed by atoms with Gasteiger partial charge in [-0.25, -0.2) is 4.79 Å². The number of rotatable bonds is 0. The number of hydrogen-bond donors (Lipinski definition) is 3. The predicted octanol–water partition coefficient (Wildman–Crippen LogP) is 1.46. The zero-order valence-electron chi connectivity index (χ0n) is 7.93. The Morgan fingerprint density at radius 3 is 2.62 bits per heavy atom. The van der Waals surface area contributed by atoms with Gasteiger partial charge in [0.15, 0.2) is 0 Å². The molecule has 0 aliphatic carbocycles. The van der Waals surface area contributed by atoms with Crippen molar-refractivity contribution in [3.8, 4) is 0 Å². The zero-order chi connectivity index (χ0) is 11.3. The van der Waals surface area contributed by atoms with Gasteiger partial charge in [0.2, 0.25) is 0 Å². The van der Waals surface area contributed by atoms with Crippen molar-refractivity contribution in [3.05, 3.63) is 43.5 Å². The summed E-state index contributed by atoms with van der Waals surface area (Å²) in [5.41, 5.74) is 0.813. The van der Waals surface area contributed by atoms with Crippen LogP contribution < -0.4 is 11.2 Å². The fraction of sp³-hybridized carbons (Fsp3) is 0. The molecule has 0 amide bonds. The van der Waals surface area contributed by atoms with E-state index in [4.69, 9.17) is 0 Å². The third kappa shape index (κ3) is 1.23. The van der Waals surface area contributed by atoms with Crippen LogP contribution in [0.3, 0.4) is 0 Å². The summed E-state index contributed by atoms with van der Waals surface area (Å²) < 4.78 is 0.908. The van der Waals surface area contributed by atoms with Gasteiger partial charge in [0, 0.05) is 15.4 Å². The van der Waals surface area contributed by atoms with Gasteiger partial charge >= 0.3 is 5.69 Å². The number of hydrogen-bond acceptors (Lipinski definition) is 2. The molecular weight excluding hydrogens is 274 g/mol. The molecule has 0 bridgehead atoms. The normalized spacial score (nSPS) is 11.3. The Hall–Kier alpha value is -1.82. The van der Waals surface area contributed by atoms with E-state index in [1.807, 2.05) is 18.2 Å². The molecule has 0 fully saturated rings. The van der Waals surface area contributed by atoms with Crippen molar-refractivity contribution in [2.75, 3.05) is 0 Å². The molecule has 3 rings (SSSR count). The van der Waals surface area contributed by atoms with Crippen LogP contribution in [0.2, 0.25) is 0 Å². The minimum absolute atomic E-state index is 0.382. The Bertz CT molecular complexity index is 812. The van der Waals surface area contributed by atoms with Crippen molar-refractivity contribution in [3.63, 3.8) is 0 Å². The molecule has 0 aliphatic heterocycles. The molecule has 0 saturated heterocycles. The van der Waals surface area contributed by atoms with Crippen molar-refractivity contribution in [1.29, 1.82) is 0 Å². The summed E-state index contributed by atoms with van der Waals surface area (Å²) in [6, 6.07) is 5.55. The van der Waals surface area contributed by atoms with Crippen molar-refractivity contribution < 1.29 is 0 Å². The minimum Gasteiger partial charge on any atom is -0.349 e. The predicted molar refractivity (Wildman–Crippen MR) is 64.7 cm³/mol. The third-order valence-electron chi connectivity index (χ3n) is 2.45. The first-order valence-corrected chi connectivity index (χ1v) is 5.38. The summed E-state index contributed by atoms with van der Waals surface area (Å²) in [7, 11) is 0. The highest BCUT2D eigenvalue weighted by Crippen LogP contribution is 2.23. The average Bonchev–Trinajstić information content (AvgIpc) is 2.56. The summed E-state index contributed by atoms with van der Waals surface area (Å²) in [6.07, 6.45) is 0. The van der Waals surface area contributed by atoms with E-state index in [1.165, 1.54) is 0 Å². The zero-order valence-corrected chi connectivity index (χ0v) is 9.51. The molecule has 3 N–H and O–H groups in total. The fourth-order valence-electron chi connectivity index (χ4n) is 1.78. The van der Waals surface area contributed by atoms with Crippen LogP contribution in [0.1, 0.15) is 0 Å². The number of halogens is 1. The largest absolute Gasteiger partial charge is 0.349 e. The maximum absolute atomic E-state index is 11.5. The summed E-state index contributed by atoms with van der Waals surface area (Å²) in [6.45, 7) is 0. The Morgan fingerprint density at radius 1 is 1.00 bits per heavy atom. The van der Waals surface area contributed by atoms with E-state index in [0.29, 0.717) is 11.0 Å². The van der Waals surface area contributed by atoms with Crippen LogP contribution in [0.25, 0.3) is 21.9 Å². The first kappa shape index (κ1) is 9.41. The number of H-pyrrole nitrogens is 3. The topological polar surface area (TPSA) is 81.5 Å². The quantitative estimate of drug-likeness (QED) is 0.582. The molecular formula is C10H6BrN3O2. The van der Waals surface area contributed by atoms with Crippen LogP contribution in [0.15, 0.2) is 32.3 Å². The van der Waals surface area contributed by atoms with E-state index in [2.05, 4.69) is 30.9 Å². The molecule has 0 atom stereocenters. The lowest BCUT2D eigenvalue weighted by atomic mass is 10.2. The van der Waals surface area contributed by atoms with Gasteiger partial charge in [-0.05, 0) is 18.2 Å². The standard InChI is InChI=1S/C10H6BrN3O2/c11-4-1-2-5-6(3-4)12-8-7(5)13-10(16)14-9(8)15/h1-3,12H,(H2,13,14,15,16). The van der Waals surface area contributed by atoms with E-state index in [1.54, 1.807) is 0 Å². The molecule has 5 nitrogen and oxygen atoms in total. The summed E-state index contributed by atoms with van der Waals surface area (Å²) >= 11 is 3.34. The van der Waals surface area contributed by atoms with Crippen molar-refractivity contribution in [1.82, 2.24) is 15.0 Å². The van der Waals surface area contributed by atoms with E-state index < -0.39 is 11.2 Å². The Labute approximate surface area is 96.6 Å². The molecule has 6 heteroatoms. The summed E-state index contributed by atoms with van der Waals surface area (Å²) in [5.74, 6) is 0. The van der Waals surface area contributed by atoms with Crippen LogP contribution in [0, 0.1) is 0 Å². The molecule has 0 radical (unpaired) electrons. The fourth-order valence-corrected chi connectivity index (χ4v) is 2.14. The SMILES string of the molecule is O=c1[nH]c(=O)c2[nH]c3cc(Br)ccc3c2[nH]1. The molecule has 3 aromatic rings. The second-order valence-corrected chi connectivity index (χ2v) is 4.39. The van der Waals surface area contributed by atoms with E-state index in [9.17, 15) is 9.59 Å². The van der Waals surface area contributed by atoms with Crippen LogP contribution >= 0.6 is 15.9 Å². The molecule has 2 heterocycles. The van der Waals surface area contributed by atoms with Gasteiger partial charge in [-0.1, -0.05) is 15.9 Å². The van der Waals surface area contributed by atoms with Crippen LogP contribution in [-0.2, 0) is 0 Å². The van der Waals surface area contributed by atoms with Crippen LogP contribution in [0.5, 0.6) is 0 Å². The first-order chi connectivity index (χ1) is 7.65. The number of benzene rings is 1. The molecule has 1 aromatic carbocycles. The third-order valence-corrected chi connectivity index (χ3v) is 2.95. The lowest BCUT2D eigenvalue weighted by Gasteiger charge is -1.91. The van der Waals surface area contributed by atoms with E-state index in [0.717, 1.165) is 15.4 Å². The molecule has 0 spiro atoms. The number of nitrogens with one attached hydrogen (secondary N) is 3. The number of aromatic amines is 3. The van der Waals surface area contributed by atoms with Gasteiger partial charge < -0.3 is 9.97 Å². The van der Waals surface area contributed by atoms with Crippen molar-refractivity contribution >= 4 is 37.9 Å². The smallest absolute Gasteiger partial charge is 0.326 e. The van der Waals surface area contributed by atoms with Gasteiger partial charge in [0.25, 0.3) is 5.56 Å². The van der Waals surface area contributed by atoms with Crippen molar-refractivity contribution in [2.24, 2.45) is 0 Å². The van der Waals surface area contributed by atoms with E-state index >= 15 is 0 Å². The van der Waals surface area contributed by atoms with Crippen LogP contribution in [-0.4, -0.2) is 15.0 Å². The molecule has 80 valence electrons. The van der Waals surface area contributed by atoms with Gasteiger partial charge in [0.05, 0.1) is 5.52 Å². The van der Waals surface area contributed by atoms with Crippen LogP contribution in [0.4, 0.5) is 0 Å². The Morgan fingerprint density at radius 2 is 1.81 bits per heavy atom. The van der Waals surface area contributed by atoms with Crippen molar-refractivity contribution in [2.45, 2.75) is 0 Å². The average molecular weight is 280 g/mol. The second-order valence-electron chi connectivity index (χ2n) is 3.47. The molecule has 2 aromatic heterocycles. The first-order valence-electron chi connectivity index (χ1n) is 4.59. The molecule has 16 heavy (non-hydrogen) atoms. The molecule has 0 saturated carbocycles. The second kappa shape index (κ2) is 3.08. The van der Waals surface area contributed by atoms with E-state index in [-0.39, 0.29) is 0 Å². The van der Waals surface area contributed by atoms with Gasteiger partial charge in [-0.3, -0.25) is 9.78 Å². The summed E-state index contributed by atoms with van der Waals surface area (Å²) in [4.78, 5) is 30.5. The van der Waals surface area contributed by atoms with Gasteiger partial charge in [0.1, 0.15) is 5.52 Å². The highest BCUT2D eigenvalue weighted by molar-refractivity contribution is 9.10. The highest BCUT2D eigenvalue weighted by Gasteiger charge is 2.08. The lowest BCUT2D eigenvalue weighted by molar-refractivity contribution is 1.08. The number of fused-ring (bicyclic) bond motifs is 3. The Balaban J connectivity index is 2.66. The monoisotopic (exact) mass is 279 g/mol. The maximum Gasteiger partial charge on any atom is 0.326 e. The number of aromatic nitrogens is 3. The Kier molecular flexibility index (Phi) is 1.81. The minimum atomic E-state index is -0.499. The molecule has 0 aliphatic rings. The molecule has 0 unspecified atom stereocenters. The maximum atomic E-state index is 11.5.